The van der Waals surface area contributed by atoms with E-state index >= 15 is 0 Å². The van der Waals surface area contributed by atoms with Crippen LogP contribution >= 0.6 is 0 Å². The third-order valence-electron chi connectivity index (χ3n) is 5.91. The van der Waals surface area contributed by atoms with E-state index in [1.165, 1.54) is 45.1 Å². The molecule has 1 N–H and O–H groups in total. The molecule has 17 heavy (non-hydrogen) atoms. The minimum absolute atomic E-state index is 0.774. The number of rotatable bonds is 6. The Morgan fingerprint density at radius 1 is 1.18 bits per heavy atom. The second kappa shape index (κ2) is 4.26. The fourth-order valence-electron chi connectivity index (χ4n) is 4.90. The van der Waals surface area contributed by atoms with Crippen molar-refractivity contribution < 1.29 is 0 Å². The number of hydrogen-bond donors (Lipinski definition) is 1. The Balaban J connectivity index is 1.42. The van der Waals surface area contributed by atoms with Crippen LogP contribution in [0.25, 0.3) is 0 Å². The number of nitrogens with one attached hydrogen (secondary N) is 1. The maximum Gasteiger partial charge on any atom is 0.0136 e. The molecule has 0 aromatic rings. The largest absolute Gasteiger partial charge is 0.313 e. The normalized spacial score (nSPS) is 43.6. The highest BCUT2D eigenvalue weighted by molar-refractivity contribution is 5.16. The van der Waals surface area contributed by atoms with Gasteiger partial charge in [0.2, 0.25) is 0 Å². The Morgan fingerprint density at radius 3 is 2.53 bits per heavy atom. The number of unbranched alkanes of at least 4 members (excludes halogenated alkanes) is 1. The minimum Gasteiger partial charge on any atom is -0.313 e. The molecule has 1 aliphatic heterocycles. The molecule has 3 saturated carbocycles. The fourth-order valence-corrected chi connectivity index (χ4v) is 4.90. The van der Waals surface area contributed by atoms with Crippen LogP contribution in [-0.4, -0.2) is 12.6 Å². The zero-order chi connectivity index (χ0) is 11.9. The van der Waals surface area contributed by atoms with Crippen LogP contribution in [-0.2, 0) is 0 Å². The molecule has 1 saturated heterocycles. The van der Waals surface area contributed by atoms with Gasteiger partial charge in [0.15, 0.2) is 0 Å². The van der Waals surface area contributed by atoms with Crippen molar-refractivity contribution in [3.05, 3.63) is 0 Å². The zero-order valence-electron chi connectivity index (χ0n) is 11.7. The van der Waals surface area contributed by atoms with Gasteiger partial charge in [0, 0.05) is 6.04 Å². The highest BCUT2D eigenvalue weighted by Crippen LogP contribution is 2.71. The van der Waals surface area contributed by atoms with Crippen molar-refractivity contribution in [1.82, 2.24) is 5.32 Å². The molecule has 4 aliphatic rings. The lowest BCUT2D eigenvalue weighted by Crippen LogP contribution is -2.58. The van der Waals surface area contributed by atoms with E-state index in [0.717, 1.165) is 22.8 Å². The third-order valence-corrected chi connectivity index (χ3v) is 5.91. The quantitative estimate of drug-likeness (QED) is 0.683. The van der Waals surface area contributed by atoms with Gasteiger partial charge in [-0.2, -0.15) is 0 Å². The molecule has 2 bridgehead atoms. The van der Waals surface area contributed by atoms with E-state index in [4.69, 9.17) is 0 Å². The Bertz CT molecular complexity index is 271. The van der Waals surface area contributed by atoms with Gasteiger partial charge < -0.3 is 5.32 Å². The molecular formula is C16H29N. The highest BCUT2D eigenvalue weighted by Gasteiger charge is 2.63. The summed E-state index contributed by atoms with van der Waals surface area (Å²) in [5, 5.41) is 3.67. The van der Waals surface area contributed by atoms with Crippen LogP contribution in [0.5, 0.6) is 0 Å². The van der Waals surface area contributed by atoms with E-state index in [9.17, 15) is 0 Å². The van der Waals surface area contributed by atoms with Crippen molar-refractivity contribution >= 4 is 0 Å². The lowest BCUT2D eigenvalue weighted by Gasteiger charge is -2.55. The summed E-state index contributed by atoms with van der Waals surface area (Å²) >= 11 is 0. The van der Waals surface area contributed by atoms with Crippen molar-refractivity contribution in [3.63, 3.8) is 0 Å². The Hall–Kier alpha value is -0.0400. The summed E-state index contributed by atoms with van der Waals surface area (Å²) in [5.41, 5.74) is 1.59. The molecule has 3 aliphatic carbocycles. The molecule has 0 spiro atoms. The maximum absolute atomic E-state index is 3.67. The van der Waals surface area contributed by atoms with Gasteiger partial charge in [-0.25, -0.2) is 0 Å². The number of fused-ring (bicyclic) bond motifs is 1. The number of hydrogen-bond acceptors (Lipinski definition) is 1. The van der Waals surface area contributed by atoms with E-state index in [1.54, 1.807) is 19.3 Å². The summed E-state index contributed by atoms with van der Waals surface area (Å²) < 4.78 is 0. The van der Waals surface area contributed by atoms with Crippen molar-refractivity contribution in [3.8, 4) is 0 Å². The van der Waals surface area contributed by atoms with Gasteiger partial charge >= 0.3 is 0 Å². The SMILES string of the molecule is CC(C)CCCCC12CCC(C3CCN3)(C1)C2. The van der Waals surface area contributed by atoms with Crippen LogP contribution in [0.3, 0.4) is 0 Å². The zero-order valence-corrected chi connectivity index (χ0v) is 11.7. The van der Waals surface area contributed by atoms with Gasteiger partial charge in [0.1, 0.15) is 0 Å². The molecule has 4 rings (SSSR count). The molecule has 1 heteroatoms. The summed E-state index contributed by atoms with van der Waals surface area (Å²) in [6, 6.07) is 0.911. The Labute approximate surface area is 107 Å². The molecule has 1 unspecified atom stereocenters. The lowest BCUT2D eigenvalue weighted by atomic mass is 9.54. The smallest absolute Gasteiger partial charge is 0.0136 e. The van der Waals surface area contributed by atoms with Crippen LogP contribution in [0, 0.1) is 16.7 Å². The Morgan fingerprint density at radius 2 is 1.94 bits per heavy atom. The van der Waals surface area contributed by atoms with Gasteiger partial charge in [0.05, 0.1) is 0 Å². The average Bonchev–Trinajstić information content (AvgIpc) is 2.65. The fraction of sp³-hybridized carbons (Fsp3) is 1.00. The van der Waals surface area contributed by atoms with E-state index in [0.29, 0.717) is 0 Å². The van der Waals surface area contributed by atoms with Crippen LogP contribution in [0.1, 0.15) is 71.6 Å². The summed E-state index contributed by atoms with van der Waals surface area (Å²) in [6.07, 6.45) is 13.6. The monoisotopic (exact) mass is 235 g/mol. The molecule has 98 valence electrons. The first-order valence-corrected chi connectivity index (χ1v) is 7.88. The predicted molar refractivity (Wildman–Crippen MR) is 73.0 cm³/mol. The first kappa shape index (κ1) is 12.0. The van der Waals surface area contributed by atoms with Crippen LogP contribution < -0.4 is 5.32 Å². The molecular weight excluding hydrogens is 206 g/mol. The van der Waals surface area contributed by atoms with E-state index in [1.807, 2.05) is 0 Å². The summed E-state index contributed by atoms with van der Waals surface area (Å²) in [6.45, 7) is 5.99. The van der Waals surface area contributed by atoms with Crippen LogP contribution in [0.15, 0.2) is 0 Å². The van der Waals surface area contributed by atoms with Gasteiger partial charge in [-0.1, -0.05) is 33.1 Å². The van der Waals surface area contributed by atoms with E-state index in [2.05, 4.69) is 19.2 Å². The van der Waals surface area contributed by atoms with Gasteiger partial charge in [-0.3, -0.25) is 0 Å². The average molecular weight is 235 g/mol. The molecule has 4 fully saturated rings. The van der Waals surface area contributed by atoms with Crippen LogP contribution in [0.2, 0.25) is 0 Å². The predicted octanol–water partition coefficient (Wildman–Crippen LogP) is 4.13. The second-order valence-electron chi connectivity index (χ2n) is 7.65. The second-order valence-corrected chi connectivity index (χ2v) is 7.65. The summed E-state index contributed by atoms with van der Waals surface area (Å²) in [4.78, 5) is 0. The first-order chi connectivity index (χ1) is 8.14. The first-order valence-electron chi connectivity index (χ1n) is 7.88. The third kappa shape index (κ3) is 2.05. The van der Waals surface area contributed by atoms with Gasteiger partial charge in [-0.05, 0) is 61.8 Å². The van der Waals surface area contributed by atoms with Crippen molar-refractivity contribution in [2.24, 2.45) is 16.7 Å². The lowest BCUT2D eigenvalue weighted by molar-refractivity contribution is -0.0172. The molecule has 0 amide bonds. The van der Waals surface area contributed by atoms with Crippen molar-refractivity contribution in [1.29, 1.82) is 0 Å². The van der Waals surface area contributed by atoms with Crippen molar-refractivity contribution in [2.75, 3.05) is 6.54 Å². The van der Waals surface area contributed by atoms with Gasteiger partial charge in [-0.15, -0.1) is 0 Å². The molecule has 0 aromatic heterocycles. The molecule has 0 aromatic carbocycles. The van der Waals surface area contributed by atoms with E-state index in [-0.39, 0.29) is 0 Å². The van der Waals surface area contributed by atoms with Gasteiger partial charge in [0.25, 0.3) is 0 Å². The van der Waals surface area contributed by atoms with Crippen molar-refractivity contribution in [2.45, 2.75) is 77.7 Å². The summed E-state index contributed by atoms with van der Waals surface area (Å²) in [7, 11) is 0. The van der Waals surface area contributed by atoms with Crippen LogP contribution in [0.4, 0.5) is 0 Å². The molecule has 1 heterocycles. The topological polar surface area (TPSA) is 12.0 Å². The maximum atomic E-state index is 3.67. The molecule has 1 nitrogen and oxygen atoms in total. The molecule has 0 radical (unpaired) electrons. The standard InChI is InChI=1S/C16H29N/c1-13(2)5-3-4-7-15-8-9-16(11-15,12-15)14-6-10-17-14/h13-14,17H,3-12H2,1-2H3. The summed E-state index contributed by atoms with van der Waals surface area (Å²) in [5.74, 6) is 0.899. The minimum atomic E-state index is 0.774. The highest BCUT2D eigenvalue weighted by atomic mass is 15.0. The molecule has 1 atom stereocenters. The van der Waals surface area contributed by atoms with E-state index < -0.39 is 0 Å². The Kier molecular flexibility index (Phi) is 3.01.